The number of nitrogens with one attached hydrogen (secondary N) is 2. The highest BCUT2D eigenvalue weighted by molar-refractivity contribution is 14.0. The minimum absolute atomic E-state index is 0. The molecule has 1 atom stereocenters. The fourth-order valence-electron chi connectivity index (χ4n) is 2.81. The van der Waals surface area contributed by atoms with Crippen LogP contribution in [0, 0.1) is 0 Å². The molecule has 1 saturated heterocycles. The van der Waals surface area contributed by atoms with Crippen LogP contribution < -0.4 is 20.1 Å². The Labute approximate surface area is 174 Å². The number of hydrogen-bond acceptors (Lipinski definition) is 4. The number of guanidine groups is 1. The van der Waals surface area contributed by atoms with Crippen LogP contribution in [0.25, 0.3) is 0 Å². The fraction of sp³-hybridized carbons (Fsp3) is 0.632. The van der Waals surface area contributed by atoms with Gasteiger partial charge in [0, 0.05) is 26.7 Å². The lowest BCUT2D eigenvalue weighted by Crippen LogP contribution is -2.41. The van der Waals surface area contributed by atoms with Crippen LogP contribution in [-0.4, -0.2) is 52.0 Å². The minimum atomic E-state index is 0. The summed E-state index contributed by atoms with van der Waals surface area (Å²) in [5.41, 5.74) is 1.20. The summed E-state index contributed by atoms with van der Waals surface area (Å²) in [5, 5.41) is 6.67. The maximum Gasteiger partial charge on any atom is 0.191 e. The van der Waals surface area contributed by atoms with Gasteiger partial charge in [-0.1, -0.05) is 6.07 Å². The number of ether oxygens (including phenoxy) is 3. The van der Waals surface area contributed by atoms with Gasteiger partial charge >= 0.3 is 0 Å². The van der Waals surface area contributed by atoms with Crippen molar-refractivity contribution in [2.45, 2.75) is 39.2 Å². The molecule has 148 valence electrons. The lowest BCUT2D eigenvalue weighted by Gasteiger charge is -2.15. The van der Waals surface area contributed by atoms with Gasteiger partial charge in [0.05, 0.1) is 19.3 Å². The van der Waals surface area contributed by atoms with Crippen LogP contribution in [0.1, 0.15) is 32.3 Å². The molecule has 2 rings (SSSR count). The molecule has 1 aromatic rings. The van der Waals surface area contributed by atoms with Crippen LogP contribution >= 0.6 is 24.0 Å². The Morgan fingerprint density at radius 3 is 2.62 bits per heavy atom. The van der Waals surface area contributed by atoms with E-state index < -0.39 is 0 Å². The molecule has 6 nitrogen and oxygen atoms in total. The van der Waals surface area contributed by atoms with Gasteiger partial charge in [0.1, 0.15) is 0 Å². The predicted octanol–water partition coefficient (Wildman–Crippen LogP) is 2.99. The molecule has 0 aromatic heterocycles. The van der Waals surface area contributed by atoms with Crippen LogP contribution in [-0.2, 0) is 11.2 Å². The number of benzene rings is 1. The first-order valence-electron chi connectivity index (χ1n) is 9.21. The molecule has 0 spiro atoms. The third-order valence-corrected chi connectivity index (χ3v) is 4.06. The van der Waals surface area contributed by atoms with Crippen molar-refractivity contribution in [1.82, 2.24) is 10.6 Å². The van der Waals surface area contributed by atoms with E-state index in [1.54, 1.807) is 7.05 Å². The number of hydrogen-bond donors (Lipinski definition) is 2. The summed E-state index contributed by atoms with van der Waals surface area (Å²) < 4.78 is 16.9. The summed E-state index contributed by atoms with van der Waals surface area (Å²) in [6.07, 6.45) is 3.46. The molecule has 0 bridgehead atoms. The number of rotatable bonds is 9. The molecule has 1 aliphatic rings. The van der Waals surface area contributed by atoms with Crippen LogP contribution in [0.2, 0.25) is 0 Å². The van der Waals surface area contributed by atoms with Gasteiger partial charge in [-0.2, -0.15) is 0 Å². The van der Waals surface area contributed by atoms with Gasteiger partial charge in [0.25, 0.3) is 0 Å². The van der Waals surface area contributed by atoms with Crippen molar-refractivity contribution in [3.63, 3.8) is 0 Å². The highest BCUT2D eigenvalue weighted by atomic mass is 127. The second-order valence-corrected chi connectivity index (χ2v) is 5.91. The Bertz CT molecular complexity index is 549. The van der Waals surface area contributed by atoms with Gasteiger partial charge in [-0.15, -0.1) is 24.0 Å². The molecule has 7 heteroatoms. The van der Waals surface area contributed by atoms with Gasteiger partial charge < -0.3 is 24.8 Å². The van der Waals surface area contributed by atoms with E-state index in [0.29, 0.717) is 19.3 Å². The molecule has 0 saturated carbocycles. The van der Waals surface area contributed by atoms with E-state index >= 15 is 0 Å². The summed E-state index contributed by atoms with van der Waals surface area (Å²) in [4.78, 5) is 4.26. The monoisotopic (exact) mass is 477 g/mol. The number of nitrogens with zero attached hydrogens (tertiary/aromatic N) is 1. The lowest BCUT2D eigenvalue weighted by molar-refractivity contribution is 0.114. The zero-order chi connectivity index (χ0) is 17.9. The lowest BCUT2D eigenvalue weighted by atomic mass is 10.1. The minimum Gasteiger partial charge on any atom is -0.490 e. The first-order chi connectivity index (χ1) is 12.3. The maximum absolute atomic E-state index is 5.68. The Morgan fingerprint density at radius 2 is 1.96 bits per heavy atom. The van der Waals surface area contributed by atoms with E-state index in [-0.39, 0.29) is 24.0 Å². The standard InChI is InChI=1S/C19H31N3O3.HI/c1-4-23-17-9-8-15(13-18(17)24-5-2)10-11-21-19(20-3)22-14-16-7-6-12-25-16;/h8-9,13,16H,4-7,10-12,14H2,1-3H3,(H2,20,21,22);1H. The van der Waals surface area contributed by atoms with Crippen molar-refractivity contribution in [3.8, 4) is 11.5 Å². The molecule has 2 N–H and O–H groups in total. The molecule has 0 aliphatic carbocycles. The first kappa shape index (κ1) is 22.8. The first-order valence-corrected chi connectivity index (χ1v) is 9.21. The average molecular weight is 477 g/mol. The second kappa shape index (κ2) is 13.0. The van der Waals surface area contributed by atoms with Gasteiger partial charge in [0.2, 0.25) is 0 Å². The molecule has 1 aromatic carbocycles. The topological polar surface area (TPSA) is 64.1 Å². The number of halogens is 1. The van der Waals surface area contributed by atoms with Crippen molar-refractivity contribution >= 4 is 29.9 Å². The number of aliphatic imine (C=N–C) groups is 1. The molecule has 0 radical (unpaired) electrons. The summed E-state index contributed by atoms with van der Waals surface area (Å²) in [6, 6.07) is 6.12. The van der Waals surface area contributed by atoms with Crippen molar-refractivity contribution in [1.29, 1.82) is 0 Å². The Balaban J connectivity index is 0.00000338. The van der Waals surface area contributed by atoms with Gasteiger partial charge in [-0.05, 0) is 50.8 Å². The quantitative estimate of drug-likeness (QED) is 0.325. The zero-order valence-electron chi connectivity index (χ0n) is 16.0. The van der Waals surface area contributed by atoms with Crippen molar-refractivity contribution in [2.24, 2.45) is 4.99 Å². The molecule has 1 unspecified atom stereocenters. The average Bonchev–Trinajstić information content (AvgIpc) is 3.14. The highest BCUT2D eigenvalue weighted by Crippen LogP contribution is 2.28. The van der Waals surface area contributed by atoms with Crippen molar-refractivity contribution < 1.29 is 14.2 Å². The largest absolute Gasteiger partial charge is 0.490 e. The molecule has 1 fully saturated rings. The summed E-state index contributed by atoms with van der Waals surface area (Å²) in [5.74, 6) is 2.42. The van der Waals surface area contributed by atoms with Crippen LogP contribution in [0.4, 0.5) is 0 Å². The highest BCUT2D eigenvalue weighted by Gasteiger charge is 2.15. The molecule has 1 heterocycles. The maximum atomic E-state index is 5.68. The Hall–Kier alpha value is -1.22. The van der Waals surface area contributed by atoms with Crippen molar-refractivity contribution in [3.05, 3.63) is 23.8 Å². The molecular formula is C19H32IN3O3. The zero-order valence-corrected chi connectivity index (χ0v) is 18.4. The summed E-state index contributed by atoms with van der Waals surface area (Å²) in [6.45, 7) is 7.69. The van der Waals surface area contributed by atoms with E-state index in [1.807, 2.05) is 19.9 Å². The van der Waals surface area contributed by atoms with Gasteiger partial charge in [-0.25, -0.2) is 0 Å². The molecule has 0 amide bonds. The SMILES string of the molecule is CCOc1ccc(CCNC(=NC)NCC2CCCO2)cc1OCC.I. The fourth-order valence-corrected chi connectivity index (χ4v) is 2.81. The van der Waals surface area contributed by atoms with Crippen LogP contribution in [0.15, 0.2) is 23.2 Å². The summed E-state index contributed by atoms with van der Waals surface area (Å²) >= 11 is 0. The van der Waals surface area contributed by atoms with Crippen LogP contribution in [0.5, 0.6) is 11.5 Å². The smallest absolute Gasteiger partial charge is 0.191 e. The molecule has 26 heavy (non-hydrogen) atoms. The van der Waals surface area contributed by atoms with Gasteiger partial charge in [0.15, 0.2) is 17.5 Å². The third-order valence-electron chi connectivity index (χ3n) is 4.06. The van der Waals surface area contributed by atoms with E-state index in [4.69, 9.17) is 14.2 Å². The van der Waals surface area contributed by atoms with Gasteiger partial charge in [-0.3, -0.25) is 4.99 Å². The predicted molar refractivity (Wildman–Crippen MR) is 116 cm³/mol. The van der Waals surface area contributed by atoms with Crippen LogP contribution in [0.3, 0.4) is 0 Å². The van der Waals surface area contributed by atoms with E-state index in [2.05, 4.69) is 27.8 Å². The Morgan fingerprint density at radius 1 is 1.19 bits per heavy atom. The third kappa shape index (κ3) is 7.57. The molecular weight excluding hydrogens is 445 g/mol. The molecule has 1 aliphatic heterocycles. The normalized spacial score (nSPS) is 16.7. The van der Waals surface area contributed by atoms with Crippen molar-refractivity contribution in [2.75, 3.05) is 40.0 Å². The van der Waals surface area contributed by atoms with E-state index in [9.17, 15) is 0 Å². The second-order valence-electron chi connectivity index (χ2n) is 5.91. The Kier molecular flexibility index (Phi) is 11.4. The van der Waals surface area contributed by atoms with E-state index in [1.165, 1.54) is 5.56 Å². The van der Waals surface area contributed by atoms with E-state index in [0.717, 1.165) is 56.4 Å². The summed E-state index contributed by atoms with van der Waals surface area (Å²) in [7, 11) is 1.79.